The number of thiazole rings is 1. The second-order valence-electron chi connectivity index (χ2n) is 8.36. The van der Waals surface area contributed by atoms with E-state index in [1.807, 2.05) is 42.5 Å². The minimum absolute atomic E-state index is 0.0967. The molecule has 0 bridgehead atoms. The number of aromatic nitrogens is 1. The molecule has 7 nitrogen and oxygen atoms in total. The molecule has 1 fully saturated rings. The van der Waals surface area contributed by atoms with Crippen LogP contribution in [0.1, 0.15) is 33.6 Å². The van der Waals surface area contributed by atoms with E-state index in [1.54, 1.807) is 35.2 Å². The van der Waals surface area contributed by atoms with Crippen molar-refractivity contribution >= 4 is 62.4 Å². The van der Waals surface area contributed by atoms with Crippen LogP contribution in [0.5, 0.6) is 0 Å². The van der Waals surface area contributed by atoms with Gasteiger partial charge in [-0.25, -0.2) is 4.98 Å². The first-order valence-electron chi connectivity index (χ1n) is 11.6. The van der Waals surface area contributed by atoms with Gasteiger partial charge < -0.3 is 15.5 Å². The number of rotatable bonds is 7. The number of benzene rings is 3. The maximum Gasteiger partial charge on any atom is 0.256 e. The van der Waals surface area contributed by atoms with Gasteiger partial charge in [0.15, 0.2) is 4.34 Å². The maximum absolute atomic E-state index is 13.1. The van der Waals surface area contributed by atoms with Gasteiger partial charge in [-0.2, -0.15) is 0 Å². The molecule has 0 unspecified atom stereocenters. The lowest BCUT2D eigenvalue weighted by molar-refractivity contribution is -0.113. The number of nitrogens with one attached hydrogen (secondary N) is 2. The van der Waals surface area contributed by atoms with Crippen LogP contribution in [0, 0.1) is 0 Å². The van der Waals surface area contributed by atoms with Crippen LogP contribution in [0.2, 0.25) is 0 Å². The lowest BCUT2D eigenvalue weighted by Crippen LogP contribution is -2.29. The highest BCUT2D eigenvalue weighted by atomic mass is 32.2. The summed E-state index contributed by atoms with van der Waals surface area (Å²) in [7, 11) is 0. The molecule has 3 amide bonds. The van der Waals surface area contributed by atoms with Gasteiger partial charge in [-0.3, -0.25) is 14.4 Å². The molecule has 1 aliphatic heterocycles. The third kappa shape index (κ3) is 5.58. The third-order valence-corrected chi connectivity index (χ3v) is 7.97. The molecule has 0 saturated carbocycles. The van der Waals surface area contributed by atoms with E-state index in [-0.39, 0.29) is 23.5 Å². The Morgan fingerprint density at radius 3 is 2.36 bits per heavy atom. The summed E-state index contributed by atoms with van der Waals surface area (Å²) in [5.74, 6) is -0.274. The monoisotopic (exact) mass is 516 g/mol. The van der Waals surface area contributed by atoms with Crippen molar-refractivity contribution in [3.63, 3.8) is 0 Å². The number of anilines is 2. The molecule has 0 radical (unpaired) electrons. The number of carbonyl (C=O) groups is 3. The van der Waals surface area contributed by atoms with Crippen LogP contribution in [-0.4, -0.2) is 46.4 Å². The molecular formula is C27H24N4O3S2. The van der Waals surface area contributed by atoms with Gasteiger partial charge in [0, 0.05) is 24.5 Å². The van der Waals surface area contributed by atoms with E-state index in [0.29, 0.717) is 16.8 Å². The van der Waals surface area contributed by atoms with Crippen LogP contribution < -0.4 is 10.6 Å². The zero-order chi connectivity index (χ0) is 24.9. The summed E-state index contributed by atoms with van der Waals surface area (Å²) >= 11 is 2.84. The summed E-state index contributed by atoms with van der Waals surface area (Å²) in [5.41, 5.74) is 2.96. The predicted octanol–water partition coefficient (Wildman–Crippen LogP) is 5.52. The van der Waals surface area contributed by atoms with Crippen molar-refractivity contribution in [1.29, 1.82) is 0 Å². The number of hydrogen-bond donors (Lipinski definition) is 2. The zero-order valence-corrected chi connectivity index (χ0v) is 21.0. The van der Waals surface area contributed by atoms with Crippen molar-refractivity contribution in [1.82, 2.24) is 9.88 Å². The third-order valence-electron chi connectivity index (χ3n) is 5.81. The van der Waals surface area contributed by atoms with Crippen LogP contribution in [0.3, 0.4) is 0 Å². The molecule has 4 aromatic rings. The predicted molar refractivity (Wildman–Crippen MR) is 145 cm³/mol. The Labute approximate surface area is 216 Å². The number of hydrogen-bond acceptors (Lipinski definition) is 6. The van der Waals surface area contributed by atoms with Crippen molar-refractivity contribution in [3.8, 4) is 0 Å². The molecule has 2 heterocycles. The normalized spacial score (nSPS) is 13.1. The van der Waals surface area contributed by atoms with Gasteiger partial charge in [0.1, 0.15) is 0 Å². The van der Waals surface area contributed by atoms with Crippen LogP contribution in [0.25, 0.3) is 10.2 Å². The SMILES string of the molecule is O=C(CSc1nc2ccc(NC(=O)c3ccccc3C(=O)N3CCCC3)cc2s1)Nc1ccccc1. The van der Waals surface area contributed by atoms with Gasteiger partial charge in [-0.15, -0.1) is 11.3 Å². The molecule has 3 aromatic carbocycles. The molecule has 1 aromatic heterocycles. The fraction of sp³-hybridized carbons (Fsp3) is 0.185. The van der Waals surface area contributed by atoms with E-state index in [0.717, 1.165) is 46.2 Å². The van der Waals surface area contributed by atoms with E-state index in [4.69, 9.17) is 0 Å². The zero-order valence-electron chi connectivity index (χ0n) is 19.4. The summed E-state index contributed by atoms with van der Waals surface area (Å²) in [5, 5.41) is 5.79. The number of likely N-dealkylation sites (tertiary alicyclic amines) is 1. The number of para-hydroxylation sites is 1. The molecule has 9 heteroatoms. The Hall–Kier alpha value is -3.69. The van der Waals surface area contributed by atoms with Gasteiger partial charge >= 0.3 is 0 Å². The number of carbonyl (C=O) groups excluding carboxylic acids is 3. The summed E-state index contributed by atoms with van der Waals surface area (Å²) in [6, 6.07) is 21.8. The smallest absolute Gasteiger partial charge is 0.256 e. The average molecular weight is 517 g/mol. The molecular weight excluding hydrogens is 492 g/mol. The molecule has 36 heavy (non-hydrogen) atoms. The molecule has 1 saturated heterocycles. The molecule has 2 N–H and O–H groups in total. The Morgan fingerprint density at radius 1 is 0.861 bits per heavy atom. The molecule has 0 aliphatic carbocycles. The number of thioether (sulfide) groups is 1. The molecule has 1 aliphatic rings. The van der Waals surface area contributed by atoms with Gasteiger partial charge in [0.25, 0.3) is 11.8 Å². The Balaban J connectivity index is 1.25. The maximum atomic E-state index is 13.1. The molecule has 182 valence electrons. The van der Waals surface area contributed by atoms with E-state index in [2.05, 4.69) is 15.6 Å². The highest BCUT2D eigenvalue weighted by Crippen LogP contribution is 2.31. The number of fused-ring (bicyclic) bond motifs is 1. The Bertz CT molecular complexity index is 1420. The van der Waals surface area contributed by atoms with Crippen molar-refractivity contribution in [2.45, 2.75) is 17.2 Å². The van der Waals surface area contributed by atoms with Crippen molar-refractivity contribution < 1.29 is 14.4 Å². The standard InChI is InChI=1S/C27H24N4O3S2/c32-24(28-18-8-2-1-3-9-18)17-35-27-30-22-13-12-19(16-23(22)36-27)29-25(33)20-10-4-5-11-21(20)26(34)31-14-6-7-15-31/h1-5,8-13,16H,6-7,14-15,17H2,(H,28,32)(H,29,33). The molecule has 0 atom stereocenters. The van der Waals surface area contributed by atoms with Crippen LogP contribution in [0.15, 0.2) is 77.1 Å². The quantitative estimate of drug-likeness (QED) is 0.316. The van der Waals surface area contributed by atoms with E-state index in [1.165, 1.54) is 23.1 Å². The fourth-order valence-electron chi connectivity index (χ4n) is 4.05. The van der Waals surface area contributed by atoms with E-state index >= 15 is 0 Å². The van der Waals surface area contributed by atoms with Crippen molar-refractivity contribution in [2.75, 3.05) is 29.5 Å². The highest BCUT2D eigenvalue weighted by molar-refractivity contribution is 8.01. The molecule has 0 spiro atoms. The summed E-state index contributed by atoms with van der Waals surface area (Å²) in [4.78, 5) is 44.6. The summed E-state index contributed by atoms with van der Waals surface area (Å²) in [6.45, 7) is 1.45. The van der Waals surface area contributed by atoms with Crippen LogP contribution >= 0.6 is 23.1 Å². The molecule has 5 rings (SSSR count). The van der Waals surface area contributed by atoms with Crippen LogP contribution in [-0.2, 0) is 4.79 Å². The summed E-state index contributed by atoms with van der Waals surface area (Å²) < 4.78 is 1.68. The topological polar surface area (TPSA) is 91.4 Å². The lowest BCUT2D eigenvalue weighted by atomic mass is 10.1. The Morgan fingerprint density at radius 2 is 1.58 bits per heavy atom. The Kier molecular flexibility index (Phi) is 7.29. The van der Waals surface area contributed by atoms with Gasteiger partial charge in [0.2, 0.25) is 5.91 Å². The van der Waals surface area contributed by atoms with Crippen LogP contribution in [0.4, 0.5) is 11.4 Å². The first kappa shape index (κ1) is 24.0. The van der Waals surface area contributed by atoms with Crippen molar-refractivity contribution in [3.05, 3.63) is 83.9 Å². The van der Waals surface area contributed by atoms with E-state index in [9.17, 15) is 14.4 Å². The number of nitrogens with zero attached hydrogens (tertiary/aromatic N) is 2. The van der Waals surface area contributed by atoms with Gasteiger partial charge in [-0.05, 0) is 55.3 Å². The summed E-state index contributed by atoms with van der Waals surface area (Å²) in [6.07, 6.45) is 1.99. The first-order valence-corrected chi connectivity index (χ1v) is 13.4. The lowest BCUT2D eigenvalue weighted by Gasteiger charge is -2.17. The number of amides is 3. The second-order valence-corrected chi connectivity index (χ2v) is 10.6. The first-order chi connectivity index (χ1) is 17.6. The van der Waals surface area contributed by atoms with Gasteiger partial charge in [-0.1, -0.05) is 42.1 Å². The van der Waals surface area contributed by atoms with E-state index < -0.39 is 0 Å². The largest absolute Gasteiger partial charge is 0.339 e. The average Bonchev–Trinajstić information content (AvgIpc) is 3.58. The van der Waals surface area contributed by atoms with Crippen molar-refractivity contribution in [2.24, 2.45) is 0 Å². The minimum Gasteiger partial charge on any atom is -0.339 e. The second kappa shape index (κ2) is 10.9. The minimum atomic E-state index is -0.325. The fourth-order valence-corrected chi connectivity index (χ4v) is 5.95. The van der Waals surface area contributed by atoms with Gasteiger partial charge in [0.05, 0.1) is 27.1 Å². The highest BCUT2D eigenvalue weighted by Gasteiger charge is 2.24.